The summed E-state index contributed by atoms with van der Waals surface area (Å²) in [5.74, 6) is -0.918. The molecule has 112 valence electrons. The van der Waals surface area contributed by atoms with Gasteiger partial charge in [-0.15, -0.1) is 0 Å². The van der Waals surface area contributed by atoms with E-state index in [9.17, 15) is 12.8 Å². The van der Waals surface area contributed by atoms with Gasteiger partial charge in [-0.1, -0.05) is 17.7 Å². The lowest BCUT2D eigenvalue weighted by Gasteiger charge is -2.11. The molecule has 21 heavy (non-hydrogen) atoms. The van der Waals surface area contributed by atoms with Crippen LogP contribution in [-0.4, -0.2) is 13.5 Å². The Bertz CT molecular complexity index is 783. The van der Waals surface area contributed by atoms with Gasteiger partial charge in [0, 0.05) is 8.59 Å². The Morgan fingerprint density at radius 2 is 1.95 bits per heavy atom. The van der Waals surface area contributed by atoms with Crippen LogP contribution >= 0.6 is 34.2 Å². The van der Waals surface area contributed by atoms with E-state index in [0.717, 1.165) is 12.1 Å². The summed E-state index contributed by atoms with van der Waals surface area (Å²) >= 11 is 7.73. The number of rotatable bonds is 4. The highest BCUT2D eigenvalue weighted by molar-refractivity contribution is 14.1. The van der Waals surface area contributed by atoms with Crippen molar-refractivity contribution in [3.63, 3.8) is 0 Å². The second-order valence-electron chi connectivity index (χ2n) is 4.15. The predicted molar refractivity (Wildman–Crippen MR) is 87.3 cm³/mol. The summed E-state index contributed by atoms with van der Waals surface area (Å²) in [6.07, 6.45) is 0. The predicted octanol–water partition coefficient (Wildman–Crippen LogP) is 3.38. The highest BCUT2D eigenvalue weighted by Crippen LogP contribution is 2.26. The monoisotopic (exact) mass is 441 g/mol. The van der Waals surface area contributed by atoms with Crippen LogP contribution in [0.2, 0.25) is 5.02 Å². The van der Waals surface area contributed by atoms with Gasteiger partial charge in [0.05, 0.1) is 12.3 Å². The van der Waals surface area contributed by atoms with Crippen LogP contribution in [-0.2, 0) is 16.6 Å². The summed E-state index contributed by atoms with van der Waals surface area (Å²) in [5.41, 5.74) is 0.609. The van der Waals surface area contributed by atoms with Crippen molar-refractivity contribution in [3.05, 3.63) is 56.4 Å². The molecule has 0 aliphatic carbocycles. The van der Waals surface area contributed by atoms with E-state index in [-0.39, 0.29) is 6.61 Å². The molecular formula is C13H10ClFINO3S. The second-order valence-corrected chi connectivity index (χ2v) is 7.40. The SMILES string of the molecule is O=S(=O)(Nc1ccc(Cl)cc1I)c1ccc(CO)cc1F. The normalized spacial score (nSPS) is 11.4. The highest BCUT2D eigenvalue weighted by atomic mass is 127. The number of halogens is 3. The topological polar surface area (TPSA) is 66.4 Å². The molecule has 2 rings (SSSR count). The average molecular weight is 442 g/mol. The maximum atomic E-state index is 13.8. The molecule has 0 bridgehead atoms. The Balaban J connectivity index is 2.38. The average Bonchev–Trinajstić information content (AvgIpc) is 2.41. The first-order chi connectivity index (χ1) is 9.83. The number of hydrogen-bond donors (Lipinski definition) is 2. The van der Waals surface area contributed by atoms with Gasteiger partial charge < -0.3 is 5.11 Å². The molecule has 0 aliphatic rings. The Hall–Kier alpha value is -0.900. The van der Waals surface area contributed by atoms with Crippen molar-refractivity contribution in [1.29, 1.82) is 0 Å². The largest absolute Gasteiger partial charge is 0.392 e. The van der Waals surface area contributed by atoms with Crippen LogP contribution in [0, 0.1) is 9.39 Å². The van der Waals surface area contributed by atoms with Crippen LogP contribution in [0.1, 0.15) is 5.56 Å². The van der Waals surface area contributed by atoms with Gasteiger partial charge in [-0.05, 0) is 58.5 Å². The molecule has 0 aromatic heterocycles. The summed E-state index contributed by atoms with van der Waals surface area (Å²) in [5, 5.41) is 9.38. The van der Waals surface area contributed by atoms with Crippen molar-refractivity contribution in [2.75, 3.05) is 4.72 Å². The van der Waals surface area contributed by atoms with E-state index in [0.29, 0.717) is 19.8 Å². The van der Waals surface area contributed by atoms with Crippen LogP contribution in [0.25, 0.3) is 0 Å². The minimum atomic E-state index is -4.06. The zero-order chi connectivity index (χ0) is 15.6. The third-order valence-electron chi connectivity index (χ3n) is 2.64. The summed E-state index contributed by atoms with van der Waals surface area (Å²) in [6.45, 7) is -0.361. The van der Waals surface area contributed by atoms with Crippen LogP contribution in [0.3, 0.4) is 0 Å². The van der Waals surface area contributed by atoms with Crippen LogP contribution in [0.5, 0.6) is 0 Å². The lowest BCUT2D eigenvalue weighted by Crippen LogP contribution is -2.15. The van der Waals surface area contributed by atoms with Crippen LogP contribution in [0.15, 0.2) is 41.3 Å². The van der Waals surface area contributed by atoms with E-state index in [4.69, 9.17) is 16.7 Å². The van der Waals surface area contributed by atoms with E-state index in [1.807, 2.05) is 22.6 Å². The van der Waals surface area contributed by atoms with Crippen molar-refractivity contribution < 1.29 is 17.9 Å². The zero-order valence-corrected chi connectivity index (χ0v) is 14.2. The number of hydrogen-bond acceptors (Lipinski definition) is 3. The first-order valence-electron chi connectivity index (χ1n) is 5.70. The molecule has 0 saturated heterocycles. The Morgan fingerprint density at radius 1 is 1.24 bits per heavy atom. The smallest absolute Gasteiger partial charge is 0.264 e. The van der Waals surface area contributed by atoms with Crippen molar-refractivity contribution in [2.45, 2.75) is 11.5 Å². The van der Waals surface area contributed by atoms with E-state index >= 15 is 0 Å². The van der Waals surface area contributed by atoms with E-state index < -0.39 is 20.7 Å². The number of aliphatic hydroxyl groups is 1. The molecule has 0 aliphatic heterocycles. The van der Waals surface area contributed by atoms with E-state index in [2.05, 4.69) is 4.72 Å². The molecule has 0 fully saturated rings. The third kappa shape index (κ3) is 3.85. The summed E-state index contributed by atoms with van der Waals surface area (Å²) in [7, 11) is -4.06. The first kappa shape index (κ1) is 16.5. The minimum absolute atomic E-state index is 0.299. The molecule has 2 aromatic rings. The molecule has 2 N–H and O–H groups in total. The molecule has 8 heteroatoms. The number of sulfonamides is 1. The third-order valence-corrected chi connectivity index (χ3v) is 5.17. The molecule has 0 saturated carbocycles. The Labute approximate surface area is 140 Å². The molecule has 0 radical (unpaired) electrons. The van der Waals surface area contributed by atoms with Gasteiger partial charge in [0.25, 0.3) is 10.0 Å². The summed E-state index contributed by atoms with van der Waals surface area (Å²) < 4.78 is 41.2. The van der Waals surface area contributed by atoms with Gasteiger partial charge in [-0.2, -0.15) is 0 Å². The lowest BCUT2D eigenvalue weighted by molar-refractivity contribution is 0.281. The number of aliphatic hydroxyl groups excluding tert-OH is 1. The molecule has 0 heterocycles. The molecule has 2 aromatic carbocycles. The van der Waals surface area contributed by atoms with Crippen LogP contribution < -0.4 is 4.72 Å². The van der Waals surface area contributed by atoms with Crippen molar-refractivity contribution in [1.82, 2.24) is 0 Å². The number of nitrogens with one attached hydrogen (secondary N) is 1. The fourth-order valence-electron chi connectivity index (χ4n) is 1.63. The summed E-state index contributed by atoms with van der Waals surface area (Å²) in [6, 6.07) is 8.08. The maximum absolute atomic E-state index is 13.8. The van der Waals surface area contributed by atoms with Crippen molar-refractivity contribution >= 4 is 49.9 Å². The van der Waals surface area contributed by atoms with Crippen LogP contribution in [0.4, 0.5) is 10.1 Å². The van der Waals surface area contributed by atoms with Crippen molar-refractivity contribution in [3.8, 4) is 0 Å². The number of anilines is 1. The number of benzene rings is 2. The standard InChI is InChI=1S/C13H10ClFINO3S/c14-9-2-3-12(11(16)6-9)17-21(19,20)13-4-1-8(7-18)5-10(13)15/h1-6,17-18H,7H2. The lowest BCUT2D eigenvalue weighted by atomic mass is 10.2. The summed E-state index contributed by atoms with van der Waals surface area (Å²) in [4.78, 5) is -0.481. The molecular weight excluding hydrogens is 432 g/mol. The van der Waals surface area contributed by atoms with Gasteiger partial charge in [0.2, 0.25) is 0 Å². The molecule has 0 spiro atoms. The Kier molecular flexibility index (Phi) is 5.07. The fourth-order valence-corrected chi connectivity index (χ4v) is 3.96. The molecule has 0 unspecified atom stereocenters. The van der Waals surface area contributed by atoms with Gasteiger partial charge in [-0.25, -0.2) is 12.8 Å². The first-order valence-corrected chi connectivity index (χ1v) is 8.64. The van der Waals surface area contributed by atoms with Crippen molar-refractivity contribution in [2.24, 2.45) is 0 Å². The Morgan fingerprint density at radius 3 is 2.52 bits per heavy atom. The minimum Gasteiger partial charge on any atom is -0.392 e. The second kappa shape index (κ2) is 6.47. The van der Waals surface area contributed by atoms with E-state index in [1.54, 1.807) is 6.07 Å². The zero-order valence-electron chi connectivity index (χ0n) is 10.5. The fraction of sp³-hybridized carbons (Fsp3) is 0.0769. The van der Waals surface area contributed by atoms with Gasteiger partial charge >= 0.3 is 0 Å². The quantitative estimate of drug-likeness (QED) is 0.715. The highest BCUT2D eigenvalue weighted by Gasteiger charge is 2.20. The maximum Gasteiger partial charge on any atom is 0.264 e. The molecule has 0 amide bonds. The van der Waals surface area contributed by atoms with Gasteiger partial charge in [-0.3, -0.25) is 4.72 Å². The van der Waals surface area contributed by atoms with Gasteiger partial charge in [0.15, 0.2) is 0 Å². The van der Waals surface area contributed by atoms with Gasteiger partial charge in [0.1, 0.15) is 10.7 Å². The van der Waals surface area contributed by atoms with E-state index in [1.165, 1.54) is 18.2 Å². The molecule has 0 atom stereocenters. The molecule has 4 nitrogen and oxygen atoms in total.